The topological polar surface area (TPSA) is 105 Å². The molecule has 0 radical (unpaired) electrons. The van der Waals surface area contributed by atoms with Crippen molar-refractivity contribution in [1.29, 1.82) is 0 Å². The van der Waals surface area contributed by atoms with E-state index in [0.717, 1.165) is 38.6 Å². The minimum absolute atomic E-state index is 0.234. The molecule has 2 N–H and O–H groups in total. The Morgan fingerprint density at radius 3 is 2.69 bits per heavy atom. The molecular weight excluding hydrogens is 424 g/mol. The van der Waals surface area contributed by atoms with Gasteiger partial charge in [-0.15, -0.1) is 0 Å². The number of carboxylic acids is 1. The Kier molecular flexibility index (Phi) is 5.20. The van der Waals surface area contributed by atoms with E-state index in [1.54, 1.807) is 42.4 Å². The number of hydrogen-bond acceptors (Lipinski definition) is 6. The van der Waals surface area contributed by atoms with Crippen LogP contribution in [0.5, 0.6) is 0 Å². The van der Waals surface area contributed by atoms with Gasteiger partial charge in [-0.05, 0) is 31.2 Å². The molecule has 3 heterocycles. The van der Waals surface area contributed by atoms with Crippen LogP contribution in [-0.2, 0) is 5.75 Å². The molecule has 0 saturated heterocycles. The Labute approximate surface area is 187 Å². The van der Waals surface area contributed by atoms with E-state index in [-0.39, 0.29) is 5.56 Å². The summed E-state index contributed by atoms with van der Waals surface area (Å²) in [6.45, 7) is 2.04. The molecule has 5 aromatic rings. The average Bonchev–Trinajstić information content (AvgIpc) is 3.45. The van der Waals surface area contributed by atoms with Gasteiger partial charge in [0.1, 0.15) is 28.4 Å². The summed E-state index contributed by atoms with van der Waals surface area (Å²) >= 11 is 1.56. The lowest BCUT2D eigenvalue weighted by Gasteiger charge is -2.04. The van der Waals surface area contributed by atoms with Crippen LogP contribution in [0.1, 0.15) is 21.5 Å². The SMILES string of the molecule is Cc1cccc(-c2cc(CSc3ncnc4nc[nH]c34)c(-c3ccc(C(=O)O)cc3)o2)c1. The summed E-state index contributed by atoms with van der Waals surface area (Å²) < 4.78 is 6.29. The lowest BCUT2D eigenvalue weighted by Crippen LogP contribution is -1.95. The van der Waals surface area contributed by atoms with Gasteiger partial charge in [-0.25, -0.2) is 19.7 Å². The van der Waals surface area contributed by atoms with Crippen molar-refractivity contribution >= 4 is 28.9 Å². The fraction of sp³-hybridized carbons (Fsp3) is 0.0833. The molecule has 32 heavy (non-hydrogen) atoms. The number of imidazole rings is 1. The highest BCUT2D eigenvalue weighted by molar-refractivity contribution is 7.98. The largest absolute Gasteiger partial charge is 0.478 e. The maximum atomic E-state index is 11.2. The van der Waals surface area contributed by atoms with Crippen molar-refractivity contribution in [2.24, 2.45) is 0 Å². The minimum Gasteiger partial charge on any atom is -0.478 e. The molecule has 8 heteroatoms. The average molecular weight is 443 g/mol. The Balaban J connectivity index is 1.53. The quantitative estimate of drug-likeness (QED) is 0.261. The zero-order chi connectivity index (χ0) is 22.1. The Bertz CT molecular complexity index is 1420. The first-order chi connectivity index (χ1) is 15.6. The van der Waals surface area contributed by atoms with E-state index >= 15 is 0 Å². The van der Waals surface area contributed by atoms with Crippen molar-refractivity contribution in [3.8, 4) is 22.6 Å². The molecule has 0 aliphatic rings. The smallest absolute Gasteiger partial charge is 0.335 e. The second-order valence-electron chi connectivity index (χ2n) is 7.29. The molecule has 0 unspecified atom stereocenters. The van der Waals surface area contributed by atoms with Gasteiger partial charge >= 0.3 is 5.97 Å². The van der Waals surface area contributed by atoms with Gasteiger partial charge in [0.05, 0.1) is 11.9 Å². The lowest BCUT2D eigenvalue weighted by molar-refractivity contribution is 0.0697. The zero-order valence-electron chi connectivity index (χ0n) is 17.1. The molecule has 2 aromatic carbocycles. The van der Waals surface area contributed by atoms with E-state index < -0.39 is 5.97 Å². The second-order valence-corrected chi connectivity index (χ2v) is 8.25. The lowest BCUT2D eigenvalue weighted by atomic mass is 10.1. The number of rotatable bonds is 6. The molecule has 0 saturated carbocycles. The number of aromatic carboxylic acids is 1. The van der Waals surface area contributed by atoms with Gasteiger partial charge in [-0.3, -0.25) is 0 Å². The van der Waals surface area contributed by atoms with Crippen molar-refractivity contribution in [2.75, 3.05) is 0 Å². The van der Waals surface area contributed by atoms with Gasteiger partial charge < -0.3 is 14.5 Å². The molecular formula is C24H18N4O3S. The number of aromatic nitrogens is 4. The summed E-state index contributed by atoms with van der Waals surface area (Å²) in [5, 5.41) is 10.0. The number of aryl methyl sites for hydroxylation is 1. The molecule has 5 rings (SSSR count). The van der Waals surface area contributed by atoms with Gasteiger partial charge in [-0.2, -0.15) is 0 Å². The number of hydrogen-bond donors (Lipinski definition) is 2. The van der Waals surface area contributed by atoms with Crippen molar-refractivity contribution in [1.82, 2.24) is 19.9 Å². The Hall–Kier alpha value is -3.91. The van der Waals surface area contributed by atoms with Crippen LogP contribution in [0.3, 0.4) is 0 Å². The van der Waals surface area contributed by atoms with Crippen molar-refractivity contribution in [3.63, 3.8) is 0 Å². The number of benzene rings is 2. The van der Waals surface area contributed by atoms with Crippen LogP contribution in [0, 0.1) is 6.92 Å². The molecule has 158 valence electrons. The number of fused-ring (bicyclic) bond motifs is 1. The molecule has 7 nitrogen and oxygen atoms in total. The summed E-state index contributed by atoms with van der Waals surface area (Å²) in [6, 6.07) is 16.9. The first-order valence-electron chi connectivity index (χ1n) is 9.89. The molecule has 0 spiro atoms. The van der Waals surface area contributed by atoms with E-state index in [4.69, 9.17) is 4.42 Å². The molecule has 3 aromatic heterocycles. The zero-order valence-corrected chi connectivity index (χ0v) is 17.9. The number of furan rings is 1. The monoisotopic (exact) mass is 442 g/mol. The Morgan fingerprint density at radius 1 is 1.06 bits per heavy atom. The van der Waals surface area contributed by atoms with E-state index in [9.17, 15) is 9.90 Å². The summed E-state index contributed by atoms with van der Waals surface area (Å²) in [6.07, 6.45) is 3.11. The fourth-order valence-corrected chi connectivity index (χ4v) is 4.41. The predicted octanol–water partition coefficient (Wildman–Crippen LogP) is 5.58. The van der Waals surface area contributed by atoms with Gasteiger partial charge in [-0.1, -0.05) is 47.7 Å². The molecule has 0 bridgehead atoms. The van der Waals surface area contributed by atoms with Crippen molar-refractivity contribution in [2.45, 2.75) is 17.7 Å². The van der Waals surface area contributed by atoms with Crippen LogP contribution in [0.15, 0.2) is 76.7 Å². The minimum atomic E-state index is -0.959. The maximum absolute atomic E-state index is 11.2. The first-order valence-corrected chi connectivity index (χ1v) is 10.9. The number of carbonyl (C=O) groups is 1. The van der Waals surface area contributed by atoms with E-state index in [2.05, 4.69) is 26.0 Å². The third kappa shape index (κ3) is 3.88. The van der Waals surface area contributed by atoms with Crippen LogP contribution < -0.4 is 0 Å². The summed E-state index contributed by atoms with van der Waals surface area (Å²) in [5.74, 6) is 1.12. The third-order valence-electron chi connectivity index (χ3n) is 5.06. The highest BCUT2D eigenvalue weighted by Crippen LogP contribution is 2.37. The predicted molar refractivity (Wildman–Crippen MR) is 123 cm³/mol. The number of aromatic amines is 1. The fourth-order valence-electron chi connectivity index (χ4n) is 3.48. The number of H-pyrrole nitrogens is 1. The standard InChI is InChI=1S/C24H18N4O3S/c1-14-3-2-4-17(9-14)19-10-18(11-32-23-20-22(26-12-25-20)27-13-28-23)21(31-19)15-5-7-16(8-6-15)24(29)30/h2-10,12-13H,11H2,1H3,(H,29,30)(H,25,26,27,28). The van der Waals surface area contributed by atoms with Crippen molar-refractivity contribution in [3.05, 3.63) is 83.9 Å². The molecule has 0 amide bonds. The van der Waals surface area contributed by atoms with Gasteiger partial charge in [0.25, 0.3) is 0 Å². The first kappa shape index (κ1) is 20.0. The molecule has 0 atom stereocenters. The normalized spacial score (nSPS) is 11.2. The van der Waals surface area contributed by atoms with E-state index in [1.165, 1.54) is 6.33 Å². The Morgan fingerprint density at radius 2 is 1.91 bits per heavy atom. The molecule has 0 aliphatic heterocycles. The van der Waals surface area contributed by atoms with E-state index in [1.807, 2.05) is 31.2 Å². The summed E-state index contributed by atoms with van der Waals surface area (Å²) in [4.78, 5) is 27.1. The third-order valence-corrected chi connectivity index (χ3v) is 6.10. The van der Waals surface area contributed by atoms with Crippen LogP contribution >= 0.6 is 11.8 Å². The number of nitrogens with one attached hydrogen (secondary N) is 1. The van der Waals surface area contributed by atoms with Gasteiger partial charge in [0.15, 0.2) is 5.65 Å². The van der Waals surface area contributed by atoms with Gasteiger partial charge in [0, 0.05) is 22.4 Å². The van der Waals surface area contributed by atoms with E-state index in [0.29, 0.717) is 17.2 Å². The van der Waals surface area contributed by atoms with Crippen LogP contribution in [0.2, 0.25) is 0 Å². The summed E-state index contributed by atoms with van der Waals surface area (Å²) in [7, 11) is 0. The molecule has 0 fully saturated rings. The number of thioether (sulfide) groups is 1. The van der Waals surface area contributed by atoms with Crippen LogP contribution in [-0.4, -0.2) is 31.0 Å². The summed E-state index contributed by atoms with van der Waals surface area (Å²) in [5.41, 5.74) is 5.59. The van der Waals surface area contributed by atoms with Gasteiger partial charge in [0.2, 0.25) is 0 Å². The van der Waals surface area contributed by atoms with Crippen LogP contribution in [0.4, 0.5) is 0 Å². The number of carboxylic acid groups (broad SMARTS) is 1. The van der Waals surface area contributed by atoms with Crippen LogP contribution in [0.25, 0.3) is 33.8 Å². The molecule has 0 aliphatic carbocycles. The highest BCUT2D eigenvalue weighted by Gasteiger charge is 2.17. The van der Waals surface area contributed by atoms with Crippen molar-refractivity contribution < 1.29 is 14.3 Å². The number of nitrogens with zero attached hydrogens (tertiary/aromatic N) is 3. The highest BCUT2D eigenvalue weighted by atomic mass is 32.2. The maximum Gasteiger partial charge on any atom is 0.335 e. The second kappa shape index (κ2) is 8.32.